The SMILES string of the molecule is Cn1ccc(NC(=O)c2cccc(Br)c2F)n1. The van der Waals surface area contributed by atoms with E-state index in [2.05, 4.69) is 26.3 Å². The molecule has 0 bridgehead atoms. The molecule has 0 unspecified atom stereocenters. The Morgan fingerprint density at radius 3 is 2.88 bits per heavy atom. The van der Waals surface area contributed by atoms with Crippen molar-refractivity contribution in [3.63, 3.8) is 0 Å². The molecule has 17 heavy (non-hydrogen) atoms. The lowest BCUT2D eigenvalue weighted by Gasteiger charge is -2.04. The number of carbonyl (C=O) groups is 1. The summed E-state index contributed by atoms with van der Waals surface area (Å²) in [6.45, 7) is 0. The highest BCUT2D eigenvalue weighted by atomic mass is 79.9. The van der Waals surface area contributed by atoms with Gasteiger partial charge in [0.25, 0.3) is 5.91 Å². The predicted octanol–water partition coefficient (Wildman–Crippen LogP) is 2.57. The molecule has 2 aromatic rings. The van der Waals surface area contributed by atoms with Crippen LogP contribution in [0.25, 0.3) is 0 Å². The van der Waals surface area contributed by atoms with Crippen LogP contribution in [0.4, 0.5) is 10.2 Å². The highest BCUT2D eigenvalue weighted by Crippen LogP contribution is 2.19. The summed E-state index contributed by atoms with van der Waals surface area (Å²) in [5, 5.41) is 6.49. The average Bonchev–Trinajstić information content (AvgIpc) is 2.68. The number of nitrogens with one attached hydrogen (secondary N) is 1. The van der Waals surface area contributed by atoms with E-state index in [9.17, 15) is 9.18 Å². The van der Waals surface area contributed by atoms with E-state index >= 15 is 0 Å². The van der Waals surface area contributed by atoms with Crippen molar-refractivity contribution >= 4 is 27.7 Å². The van der Waals surface area contributed by atoms with Crippen LogP contribution >= 0.6 is 15.9 Å². The quantitative estimate of drug-likeness (QED) is 0.926. The summed E-state index contributed by atoms with van der Waals surface area (Å²) in [5.41, 5.74) is -0.0231. The van der Waals surface area contributed by atoms with Crippen molar-refractivity contribution in [2.45, 2.75) is 0 Å². The molecule has 1 amide bonds. The van der Waals surface area contributed by atoms with Crippen LogP contribution in [-0.4, -0.2) is 15.7 Å². The Kier molecular flexibility index (Phi) is 3.23. The highest BCUT2D eigenvalue weighted by molar-refractivity contribution is 9.10. The Morgan fingerprint density at radius 2 is 2.24 bits per heavy atom. The Labute approximate surface area is 106 Å². The van der Waals surface area contributed by atoms with Crippen molar-refractivity contribution in [2.24, 2.45) is 7.05 Å². The van der Waals surface area contributed by atoms with Crippen LogP contribution in [0.2, 0.25) is 0 Å². The Bertz CT molecular complexity index is 568. The van der Waals surface area contributed by atoms with Gasteiger partial charge in [0.15, 0.2) is 5.82 Å². The van der Waals surface area contributed by atoms with E-state index < -0.39 is 11.7 Å². The first-order chi connectivity index (χ1) is 8.08. The summed E-state index contributed by atoms with van der Waals surface area (Å²) >= 11 is 3.03. The van der Waals surface area contributed by atoms with Gasteiger partial charge >= 0.3 is 0 Å². The molecular weight excluding hydrogens is 289 g/mol. The fourth-order valence-corrected chi connectivity index (χ4v) is 1.71. The third kappa shape index (κ3) is 2.52. The molecule has 0 saturated carbocycles. The molecule has 88 valence electrons. The standard InChI is InChI=1S/C11H9BrFN3O/c1-16-6-5-9(15-16)14-11(17)7-3-2-4-8(12)10(7)13/h2-6H,1H3,(H,14,15,17). The van der Waals surface area contributed by atoms with E-state index in [1.54, 1.807) is 30.1 Å². The summed E-state index contributed by atoms with van der Waals surface area (Å²) < 4.78 is 15.4. The van der Waals surface area contributed by atoms with Gasteiger partial charge in [-0.3, -0.25) is 9.48 Å². The topological polar surface area (TPSA) is 46.9 Å². The van der Waals surface area contributed by atoms with E-state index in [0.29, 0.717) is 5.82 Å². The monoisotopic (exact) mass is 297 g/mol. The van der Waals surface area contributed by atoms with Crippen molar-refractivity contribution in [1.29, 1.82) is 0 Å². The lowest BCUT2D eigenvalue weighted by Crippen LogP contribution is -2.14. The molecule has 0 spiro atoms. The summed E-state index contributed by atoms with van der Waals surface area (Å²) in [5.74, 6) is -0.722. The number of amides is 1. The number of nitrogens with zero attached hydrogens (tertiary/aromatic N) is 2. The number of hydrogen-bond donors (Lipinski definition) is 1. The van der Waals surface area contributed by atoms with E-state index in [1.165, 1.54) is 12.1 Å². The first kappa shape index (κ1) is 11.8. The molecule has 0 saturated heterocycles. The lowest BCUT2D eigenvalue weighted by molar-refractivity contribution is 0.102. The minimum atomic E-state index is -0.582. The number of halogens is 2. The zero-order valence-electron chi connectivity index (χ0n) is 8.95. The van der Waals surface area contributed by atoms with Gasteiger partial charge in [-0.25, -0.2) is 4.39 Å². The molecule has 0 radical (unpaired) electrons. The van der Waals surface area contributed by atoms with Crippen LogP contribution in [-0.2, 0) is 7.05 Å². The van der Waals surface area contributed by atoms with Crippen molar-refractivity contribution in [3.8, 4) is 0 Å². The summed E-state index contributed by atoms with van der Waals surface area (Å²) in [4.78, 5) is 11.8. The van der Waals surface area contributed by atoms with Gasteiger partial charge in [0, 0.05) is 19.3 Å². The zero-order chi connectivity index (χ0) is 12.4. The van der Waals surface area contributed by atoms with Crippen LogP contribution in [0, 0.1) is 5.82 Å². The number of carbonyl (C=O) groups excluding carboxylic acids is 1. The van der Waals surface area contributed by atoms with Crippen LogP contribution in [0.3, 0.4) is 0 Å². The molecule has 0 aliphatic rings. The molecule has 1 N–H and O–H groups in total. The van der Waals surface area contributed by atoms with Gasteiger partial charge < -0.3 is 5.32 Å². The van der Waals surface area contributed by atoms with Gasteiger partial charge in [0.1, 0.15) is 5.82 Å². The summed E-state index contributed by atoms with van der Waals surface area (Å²) in [7, 11) is 1.73. The van der Waals surface area contributed by atoms with Gasteiger partial charge in [0.05, 0.1) is 10.0 Å². The van der Waals surface area contributed by atoms with Crippen LogP contribution < -0.4 is 5.32 Å². The fourth-order valence-electron chi connectivity index (χ4n) is 1.34. The van der Waals surface area contributed by atoms with Crippen LogP contribution in [0.1, 0.15) is 10.4 Å². The number of benzene rings is 1. The van der Waals surface area contributed by atoms with Crippen molar-refractivity contribution < 1.29 is 9.18 Å². The van der Waals surface area contributed by atoms with Crippen molar-refractivity contribution in [3.05, 3.63) is 46.3 Å². The number of anilines is 1. The summed E-state index contributed by atoms with van der Waals surface area (Å²) in [6.07, 6.45) is 1.69. The molecule has 2 rings (SSSR count). The number of aromatic nitrogens is 2. The third-order valence-electron chi connectivity index (χ3n) is 2.15. The Hall–Kier alpha value is -1.69. The van der Waals surface area contributed by atoms with Gasteiger partial charge in [-0.1, -0.05) is 6.07 Å². The number of aryl methyl sites for hydroxylation is 1. The maximum Gasteiger partial charge on any atom is 0.259 e. The molecular formula is C11H9BrFN3O. The largest absolute Gasteiger partial charge is 0.305 e. The van der Waals surface area contributed by atoms with Gasteiger partial charge in [0.2, 0.25) is 0 Å². The van der Waals surface area contributed by atoms with E-state index in [0.717, 1.165) is 0 Å². The van der Waals surface area contributed by atoms with Gasteiger partial charge in [-0.2, -0.15) is 5.10 Å². The number of rotatable bonds is 2. The minimum Gasteiger partial charge on any atom is -0.305 e. The van der Waals surface area contributed by atoms with E-state index in [1.807, 2.05) is 0 Å². The molecule has 4 nitrogen and oxygen atoms in total. The van der Waals surface area contributed by atoms with E-state index in [4.69, 9.17) is 0 Å². The minimum absolute atomic E-state index is 0.0231. The Morgan fingerprint density at radius 1 is 1.47 bits per heavy atom. The average molecular weight is 298 g/mol. The van der Waals surface area contributed by atoms with Crippen molar-refractivity contribution in [2.75, 3.05) is 5.32 Å². The van der Waals surface area contributed by atoms with E-state index in [-0.39, 0.29) is 10.0 Å². The predicted molar refractivity (Wildman–Crippen MR) is 65.3 cm³/mol. The third-order valence-corrected chi connectivity index (χ3v) is 2.76. The smallest absolute Gasteiger partial charge is 0.259 e. The molecule has 1 aromatic carbocycles. The van der Waals surface area contributed by atoms with Crippen molar-refractivity contribution in [1.82, 2.24) is 9.78 Å². The Balaban J connectivity index is 2.23. The first-order valence-electron chi connectivity index (χ1n) is 4.83. The molecule has 0 aliphatic heterocycles. The molecule has 1 aromatic heterocycles. The molecule has 1 heterocycles. The van der Waals surface area contributed by atoms with Crippen LogP contribution in [0.15, 0.2) is 34.9 Å². The second kappa shape index (κ2) is 4.67. The molecule has 0 aliphatic carbocycles. The fraction of sp³-hybridized carbons (Fsp3) is 0.0909. The lowest BCUT2D eigenvalue weighted by atomic mass is 10.2. The zero-order valence-corrected chi connectivity index (χ0v) is 10.5. The highest BCUT2D eigenvalue weighted by Gasteiger charge is 2.14. The molecule has 6 heteroatoms. The molecule has 0 fully saturated rings. The van der Waals surface area contributed by atoms with Crippen LogP contribution in [0.5, 0.6) is 0 Å². The maximum atomic E-state index is 13.6. The second-order valence-electron chi connectivity index (χ2n) is 3.43. The maximum absolute atomic E-state index is 13.6. The number of hydrogen-bond acceptors (Lipinski definition) is 2. The summed E-state index contributed by atoms with van der Waals surface area (Å²) in [6, 6.07) is 6.18. The second-order valence-corrected chi connectivity index (χ2v) is 4.28. The molecule has 0 atom stereocenters. The first-order valence-corrected chi connectivity index (χ1v) is 5.62. The normalized spacial score (nSPS) is 10.3. The van der Waals surface area contributed by atoms with Gasteiger partial charge in [-0.05, 0) is 28.1 Å². The van der Waals surface area contributed by atoms with Gasteiger partial charge in [-0.15, -0.1) is 0 Å².